The number of nitrogens with two attached hydrogens (primary N) is 1. The van der Waals surface area contributed by atoms with Gasteiger partial charge in [-0.3, -0.25) is 0 Å². The number of thiophene rings is 1. The summed E-state index contributed by atoms with van der Waals surface area (Å²) in [7, 11) is 0. The summed E-state index contributed by atoms with van der Waals surface area (Å²) in [5.74, 6) is 0. The Kier molecular flexibility index (Phi) is 9.06. The molecule has 0 aliphatic heterocycles. The molecule has 0 bridgehead atoms. The molecule has 2 nitrogen and oxygen atoms in total. The second-order valence-electron chi connectivity index (χ2n) is 7.13. The molecule has 2 rings (SSSR count). The van der Waals surface area contributed by atoms with Gasteiger partial charge in [-0.2, -0.15) is 11.3 Å². The van der Waals surface area contributed by atoms with Gasteiger partial charge in [-0.15, -0.1) is 0 Å². The van der Waals surface area contributed by atoms with Gasteiger partial charge in [0.15, 0.2) is 0 Å². The van der Waals surface area contributed by atoms with E-state index in [1.807, 2.05) is 23.5 Å². The Balaban J connectivity index is 1.77. The van der Waals surface area contributed by atoms with E-state index in [0.29, 0.717) is 6.04 Å². The fourth-order valence-electron chi connectivity index (χ4n) is 3.32. The predicted molar refractivity (Wildman–Crippen MR) is 112 cm³/mol. The van der Waals surface area contributed by atoms with Crippen LogP contribution in [-0.4, -0.2) is 24.0 Å². The molecule has 1 heterocycles. The van der Waals surface area contributed by atoms with Crippen LogP contribution in [0.3, 0.4) is 0 Å². The maximum Gasteiger partial charge on any atom is 0.0314 e. The molecule has 1 aromatic carbocycles. The van der Waals surface area contributed by atoms with Gasteiger partial charge in [0.2, 0.25) is 0 Å². The van der Waals surface area contributed by atoms with Crippen LogP contribution in [0, 0.1) is 0 Å². The van der Waals surface area contributed by atoms with E-state index in [9.17, 15) is 0 Å². The van der Waals surface area contributed by atoms with Gasteiger partial charge in [0, 0.05) is 11.7 Å². The molecule has 0 saturated carbocycles. The van der Waals surface area contributed by atoms with Crippen LogP contribution in [0.5, 0.6) is 0 Å². The smallest absolute Gasteiger partial charge is 0.0314 e. The molecule has 1 atom stereocenters. The van der Waals surface area contributed by atoms with E-state index in [1.165, 1.54) is 62.7 Å². The zero-order chi connectivity index (χ0) is 17.9. The van der Waals surface area contributed by atoms with Gasteiger partial charge in [0.1, 0.15) is 0 Å². The fourth-order valence-corrected chi connectivity index (χ4v) is 4.01. The number of benzene rings is 1. The minimum absolute atomic E-state index is 0.628. The minimum Gasteiger partial charge on any atom is -0.399 e. The van der Waals surface area contributed by atoms with Crippen LogP contribution in [0.2, 0.25) is 0 Å². The van der Waals surface area contributed by atoms with Crippen molar-refractivity contribution < 1.29 is 0 Å². The van der Waals surface area contributed by atoms with Gasteiger partial charge in [-0.1, -0.05) is 31.9 Å². The number of nitrogens with zero attached hydrogens (tertiary/aromatic N) is 1. The monoisotopic (exact) mass is 358 g/mol. The summed E-state index contributed by atoms with van der Waals surface area (Å²) >= 11 is 1.81. The van der Waals surface area contributed by atoms with Crippen LogP contribution >= 0.6 is 11.3 Å². The number of unbranched alkanes of at least 4 members (excludes halogenated alkanes) is 3. The van der Waals surface area contributed by atoms with Crippen molar-refractivity contribution in [3.63, 3.8) is 0 Å². The third-order valence-electron chi connectivity index (χ3n) is 4.92. The predicted octanol–water partition coefficient (Wildman–Crippen LogP) is 5.78. The zero-order valence-corrected chi connectivity index (χ0v) is 16.7. The highest BCUT2D eigenvalue weighted by molar-refractivity contribution is 7.07. The molecule has 0 radical (unpaired) electrons. The second-order valence-corrected chi connectivity index (χ2v) is 7.91. The number of rotatable bonds is 12. The largest absolute Gasteiger partial charge is 0.399 e. The van der Waals surface area contributed by atoms with Gasteiger partial charge in [0.05, 0.1) is 0 Å². The minimum atomic E-state index is 0.628. The summed E-state index contributed by atoms with van der Waals surface area (Å²) in [6.07, 6.45) is 8.80. The molecule has 25 heavy (non-hydrogen) atoms. The zero-order valence-electron chi connectivity index (χ0n) is 15.9. The SMILES string of the molecule is CCCCCN(CCCCc1ccc(N)cc1)C(C)Cc1ccsc1. The summed E-state index contributed by atoms with van der Waals surface area (Å²) in [4.78, 5) is 2.70. The maximum atomic E-state index is 5.76. The molecule has 2 aromatic rings. The van der Waals surface area contributed by atoms with Crippen LogP contribution in [-0.2, 0) is 12.8 Å². The first-order chi connectivity index (χ1) is 12.2. The van der Waals surface area contributed by atoms with E-state index >= 15 is 0 Å². The van der Waals surface area contributed by atoms with Crippen molar-refractivity contribution in [1.82, 2.24) is 4.90 Å². The molecule has 0 aliphatic carbocycles. The number of aryl methyl sites for hydroxylation is 1. The Hall–Kier alpha value is -1.32. The summed E-state index contributed by atoms with van der Waals surface area (Å²) in [5.41, 5.74) is 9.50. The van der Waals surface area contributed by atoms with Crippen LogP contribution in [0.25, 0.3) is 0 Å². The van der Waals surface area contributed by atoms with E-state index in [-0.39, 0.29) is 0 Å². The van der Waals surface area contributed by atoms with Crippen molar-refractivity contribution in [3.8, 4) is 0 Å². The van der Waals surface area contributed by atoms with E-state index in [4.69, 9.17) is 5.73 Å². The normalized spacial score (nSPS) is 12.6. The van der Waals surface area contributed by atoms with Crippen molar-refractivity contribution in [2.45, 2.75) is 64.8 Å². The first kappa shape index (κ1) is 20.0. The molecule has 0 aliphatic rings. The Morgan fingerprint density at radius 2 is 1.68 bits per heavy atom. The Morgan fingerprint density at radius 3 is 2.32 bits per heavy atom. The maximum absolute atomic E-state index is 5.76. The fraction of sp³-hybridized carbons (Fsp3) is 0.545. The van der Waals surface area contributed by atoms with Crippen molar-refractivity contribution in [3.05, 3.63) is 52.2 Å². The highest BCUT2D eigenvalue weighted by atomic mass is 32.1. The average molecular weight is 359 g/mol. The molecular weight excluding hydrogens is 324 g/mol. The van der Waals surface area contributed by atoms with Crippen molar-refractivity contribution >= 4 is 17.0 Å². The Bertz CT molecular complexity index is 562. The lowest BCUT2D eigenvalue weighted by Gasteiger charge is -2.29. The number of anilines is 1. The molecule has 0 spiro atoms. The lowest BCUT2D eigenvalue weighted by Crippen LogP contribution is -2.36. The van der Waals surface area contributed by atoms with E-state index in [0.717, 1.165) is 12.1 Å². The van der Waals surface area contributed by atoms with Crippen molar-refractivity contribution in [1.29, 1.82) is 0 Å². The van der Waals surface area contributed by atoms with Gasteiger partial charge in [-0.05, 0) is 92.2 Å². The van der Waals surface area contributed by atoms with E-state index < -0.39 is 0 Å². The third kappa shape index (κ3) is 7.62. The lowest BCUT2D eigenvalue weighted by atomic mass is 10.1. The summed E-state index contributed by atoms with van der Waals surface area (Å²) in [6, 6.07) is 11.2. The number of nitrogen functional groups attached to an aromatic ring is 1. The molecular formula is C22H34N2S. The van der Waals surface area contributed by atoms with Crippen LogP contribution < -0.4 is 5.73 Å². The van der Waals surface area contributed by atoms with E-state index in [2.05, 4.69) is 47.7 Å². The number of hydrogen-bond acceptors (Lipinski definition) is 3. The Morgan fingerprint density at radius 1 is 0.960 bits per heavy atom. The lowest BCUT2D eigenvalue weighted by molar-refractivity contribution is 0.199. The van der Waals surface area contributed by atoms with Crippen LogP contribution in [0.1, 0.15) is 57.1 Å². The molecule has 0 amide bonds. The molecule has 2 N–H and O–H groups in total. The first-order valence-electron chi connectivity index (χ1n) is 9.78. The molecule has 3 heteroatoms. The molecule has 138 valence electrons. The Labute approximate surface area is 158 Å². The third-order valence-corrected chi connectivity index (χ3v) is 5.66. The highest BCUT2D eigenvalue weighted by Crippen LogP contribution is 2.15. The first-order valence-corrected chi connectivity index (χ1v) is 10.7. The highest BCUT2D eigenvalue weighted by Gasteiger charge is 2.14. The van der Waals surface area contributed by atoms with E-state index in [1.54, 1.807) is 0 Å². The van der Waals surface area contributed by atoms with Gasteiger partial charge >= 0.3 is 0 Å². The van der Waals surface area contributed by atoms with Gasteiger partial charge in [-0.25, -0.2) is 0 Å². The van der Waals surface area contributed by atoms with Gasteiger partial charge < -0.3 is 10.6 Å². The van der Waals surface area contributed by atoms with Crippen LogP contribution in [0.15, 0.2) is 41.1 Å². The van der Waals surface area contributed by atoms with Crippen molar-refractivity contribution in [2.24, 2.45) is 0 Å². The second kappa shape index (κ2) is 11.3. The summed E-state index contributed by atoms with van der Waals surface area (Å²) in [6.45, 7) is 7.13. The quantitative estimate of drug-likeness (QED) is 0.385. The average Bonchev–Trinajstić information content (AvgIpc) is 3.11. The summed E-state index contributed by atoms with van der Waals surface area (Å²) in [5, 5.41) is 4.48. The molecule has 0 saturated heterocycles. The molecule has 0 fully saturated rings. The molecule has 1 unspecified atom stereocenters. The van der Waals surface area contributed by atoms with Gasteiger partial charge in [0.25, 0.3) is 0 Å². The van der Waals surface area contributed by atoms with Crippen LogP contribution in [0.4, 0.5) is 5.69 Å². The van der Waals surface area contributed by atoms with Crippen molar-refractivity contribution in [2.75, 3.05) is 18.8 Å². The number of hydrogen-bond donors (Lipinski definition) is 1. The standard InChI is InChI=1S/C22H34N2S/c1-3-4-6-14-24(19(2)17-21-13-16-25-18-21)15-7-5-8-20-9-11-22(23)12-10-20/h9-13,16,18-19H,3-8,14-15,17,23H2,1-2H3. The topological polar surface area (TPSA) is 29.3 Å². The summed E-state index contributed by atoms with van der Waals surface area (Å²) < 4.78 is 0. The molecule has 1 aromatic heterocycles.